The van der Waals surface area contributed by atoms with Gasteiger partial charge in [-0.1, -0.05) is 12.1 Å². The average molecular weight is 285 g/mol. The van der Waals surface area contributed by atoms with Gasteiger partial charge >= 0.3 is 0 Å². The number of nitriles is 1. The first-order chi connectivity index (χ1) is 9.70. The molecule has 0 bridgehead atoms. The molecule has 2 rings (SSSR count). The Balaban J connectivity index is 1.82. The summed E-state index contributed by atoms with van der Waals surface area (Å²) in [6.07, 6.45) is 1.70. The van der Waals surface area contributed by atoms with Gasteiger partial charge in [0.15, 0.2) is 0 Å². The lowest BCUT2D eigenvalue weighted by atomic mass is 10.1. The molecule has 0 radical (unpaired) electrons. The van der Waals surface area contributed by atoms with Crippen LogP contribution in [0.4, 0.5) is 0 Å². The van der Waals surface area contributed by atoms with Crippen molar-refractivity contribution in [1.82, 2.24) is 10.3 Å². The van der Waals surface area contributed by atoms with Gasteiger partial charge in [0.1, 0.15) is 0 Å². The van der Waals surface area contributed by atoms with Crippen molar-refractivity contribution in [2.45, 2.75) is 19.8 Å². The van der Waals surface area contributed by atoms with Crippen molar-refractivity contribution in [2.75, 3.05) is 6.54 Å². The van der Waals surface area contributed by atoms with E-state index in [4.69, 9.17) is 5.26 Å². The number of carbonyl (C=O) groups excluding carboxylic acids is 1. The predicted molar refractivity (Wildman–Crippen MR) is 78.7 cm³/mol. The second-order valence-electron chi connectivity index (χ2n) is 4.40. The lowest BCUT2D eigenvalue weighted by molar-refractivity contribution is 0.0953. The summed E-state index contributed by atoms with van der Waals surface area (Å²) in [5.74, 6) is -0.197. The molecule has 1 N–H and O–H groups in total. The van der Waals surface area contributed by atoms with Gasteiger partial charge in [0, 0.05) is 24.0 Å². The maximum absolute atomic E-state index is 12.0. The number of nitrogens with one attached hydrogen (secondary N) is 1. The number of benzene rings is 1. The maximum atomic E-state index is 12.0. The Labute approximate surface area is 122 Å². The summed E-state index contributed by atoms with van der Waals surface area (Å²) in [6.45, 7) is 2.55. The van der Waals surface area contributed by atoms with Crippen LogP contribution in [0.15, 0.2) is 29.6 Å². The molecule has 1 aromatic carbocycles. The Morgan fingerprint density at radius 2 is 2.25 bits per heavy atom. The monoisotopic (exact) mass is 285 g/mol. The largest absolute Gasteiger partial charge is 0.352 e. The van der Waals surface area contributed by atoms with Gasteiger partial charge in [0.05, 0.1) is 22.2 Å². The molecule has 0 atom stereocenters. The van der Waals surface area contributed by atoms with E-state index in [1.807, 2.05) is 18.4 Å². The summed E-state index contributed by atoms with van der Waals surface area (Å²) in [4.78, 5) is 16.3. The van der Waals surface area contributed by atoms with Crippen LogP contribution >= 0.6 is 11.3 Å². The highest BCUT2D eigenvalue weighted by Gasteiger charge is 2.09. The molecule has 0 aliphatic carbocycles. The lowest BCUT2D eigenvalue weighted by Gasteiger charge is -2.05. The molecule has 0 aliphatic rings. The number of thiazole rings is 1. The molecule has 0 fully saturated rings. The smallest absolute Gasteiger partial charge is 0.252 e. The number of hydrogen-bond acceptors (Lipinski definition) is 4. The second kappa shape index (κ2) is 6.83. The molecule has 102 valence electrons. The zero-order valence-electron chi connectivity index (χ0n) is 11.2. The minimum absolute atomic E-state index is 0.197. The number of nitrogens with zero attached hydrogens (tertiary/aromatic N) is 2. The number of hydrogen-bond donors (Lipinski definition) is 1. The fourth-order valence-electron chi connectivity index (χ4n) is 1.83. The van der Waals surface area contributed by atoms with Crippen molar-refractivity contribution in [3.8, 4) is 6.07 Å². The van der Waals surface area contributed by atoms with Crippen LogP contribution in [-0.2, 0) is 6.42 Å². The molecule has 0 aliphatic heterocycles. The molecule has 0 saturated heterocycles. The number of aromatic nitrogens is 1. The minimum atomic E-state index is -0.197. The van der Waals surface area contributed by atoms with E-state index in [-0.39, 0.29) is 5.91 Å². The molecule has 0 unspecified atom stereocenters. The van der Waals surface area contributed by atoms with E-state index in [0.29, 0.717) is 17.7 Å². The molecular weight excluding hydrogens is 270 g/mol. The van der Waals surface area contributed by atoms with E-state index in [1.54, 1.807) is 35.6 Å². The first-order valence-corrected chi connectivity index (χ1v) is 7.27. The van der Waals surface area contributed by atoms with E-state index in [2.05, 4.69) is 10.3 Å². The number of amides is 1. The molecule has 4 nitrogen and oxygen atoms in total. The van der Waals surface area contributed by atoms with Crippen LogP contribution in [0.2, 0.25) is 0 Å². The van der Waals surface area contributed by atoms with Gasteiger partial charge in [-0.05, 0) is 25.5 Å². The Hall–Kier alpha value is -2.19. The fourth-order valence-corrected chi connectivity index (χ4v) is 2.65. The van der Waals surface area contributed by atoms with Gasteiger partial charge < -0.3 is 5.32 Å². The molecule has 0 spiro atoms. The zero-order chi connectivity index (χ0) is 14.4. The number of carbonyl (C=O) groups is 1. The average Bonchev–Trinajstić information content (AvgIpc) is 2.89. The van der Waals surface area contributed by atoms with Crippen molar-refractivity contribution >= 4 is 17.2 Å². The summed E-state index contributed by atoms with van der Waals surface area (Å²) < 4.78 is 0. The zero-order valence-corrected chi connectivity index (χ0v) is 12.0. The SMILES string of the molecule is Cc1csc(CCCNC(=O)c2ccccc2C#N)n1. The third kappa shape index (κ3) is 3.65. The third-order valence-corrected chi connectivity index (χ3v) is 3.84. The van der Waals surface area contributed by atoms with Crippen LogP contribution in [0.1, 0.15) is 33.0 Å². The van der Waals surface area contributed by atoms with Gasteiger partial charge in [-0.15, -0.1) is 11.3 Å². The van der Waals surface area contributed by atoms with E-state index in [0.717, 1.165) is 23.5 Å². The Kier molecular flexibility index (Phi) is 4.85. The molecule has 1 aromatic heterocycles. The van der Waals surface area contributed by atoms with Crippen molar-refractivity contribution in [3.05, 3.63) is 51.5 Å². The van der Waals surface area contributed by atoms with Gasteiger partial charge in [-0.2, -0.15) is 5.26 Å². The van der Waals surface area contributed by atoms with Crippen LogP contribution in [-0.4, -0.2) is 17.4 Å². The fraction of sp³-hybridized carbons (Fsp3) is 0.267. The summed E-state index contributed by atoms with van der Waals surface area (Å²) >= 11 is 1.64. The highest BCUT2D eigenvalue weighted by molar-refractivity contribution is 7.09. The molecular formula is C15H15N3OS. The predicted octanol–water partition coefficient (Wildman–Crippen LogP) is 2.69. The maximum Gasteiger partial charge on any atom is 0.252 e. The molecule has 0 saturated carbocycles. The molecule has 2 aromatic rings. The molecule has 1 heterocycles. The molecule has 20 heavy (non-hydrogen) atoms. The number of rotatable bonds is 5. The van der Waals surface area contributed by atoms with Crippen molar-refractivity contribution in [1.29, 1.82) is 5.26 Å². The minimum Gasteiger partial charge on any atom is -0.352 e. The summed E-state index contributed by atoms with van der Waals surface area (Å²) in [7, 11) is 0. The summed E-state index contributed by atoms with van der Waals surface area (Å²) in [5, 5.41) is 14.9. The van der Waals surface area contributed by atoms with Gasteiger partial charge in [-0.25, -0.2) is 4.98 Å². The summed E-state index contributed by atoms with van der Waals surface area (Å²) in [5.41, 5.74) is 1.87. The first kappa shape index (κ1) is 14.2. The van der Waals surface area contributed by atoms with Crippen molar-refractivity contribution < 1.29 is 4.79 Å². The highest BCUT2D eigenvalue weighted by atomic mass is 32.1. The van der Waals surface area contributed by atoms with Crippen molar-refractivity contribution in [3.63, 3.8) is 0 Å². The van der Waals surface area contributed by atoms with Crippen molar-refractivity contribution in [2.24, 2.45) is 0 Å². The highest BCUT2D eigenvalue weighted by Crippen LogP contribution is 2.10. The van der Waals surface area contributed by atoms with Crippen LogP contribution in [0.3, 0.4) is 0 Å². The first-order valence-electron chi connectivity index (χ1n) is 6.39. The topological polar surface area (TPSA) is 65.8 Å². The second-order valence-corrected chi connectivity index (χ2v) is 5.34. The Morgan fingerprint density at radius 3 is 2.95 bits per heavy atom. The van der Waals surface area contributed by atoms with E-state index in [9.17, 15) is 4.79 Å². The summed E-state index contributed by atoms with van der Waals surface area (Å²) in [6, 6.07) is 8.85. The van der Waals surface area contributed by atoms with Crippen LogP contribution in [0.5, 0.6) is 0 Å². The van der Waals surface area contributed by atoms with Gasteiger partial charge in [0.25, 0.3) is 5.91 Å². The molecule has 1 amide bonds. The Bertz CT molecular complexity index is 643. The lowest BCUT2D eigenvalue weighted by Crippen LogP contribution is -2.25. The van der Waals surface area contributed by atoms with E-state index >= 15 is 0 Å². The van der Waals surface area contributed by atoms with Gasteiger partial charge in [-0.3, -0.25) is 4.79 Å². The third-order valence-electron chi connectivity index (χ3n) is 2.81. The standard InChI is InChI=1S/C15H15N3OS/c1-11-10-20-14(18-11)7-4-8-17-15(19)13-6-3-2-5-12(13)9-16/h2-3,5-6,10H,4,7-8H2,1H3,(H,17,19). The van der Waals surface area contributed by atoms with Crippen LogP contribution in [0.25, 0.3) is 0 Å². The van der Waals surface area contributed by atoms with E-state index in [1.165, 1.54) is 0 Å². The van der Waals surface area contributed by atoms with E-state index < -0.39 is 0 Å². The normalized spacial score (nSPS) is 10.0. The molecule has 5 heteroatoms. The van der Waals surface area contributed by atoms with Gasteiger partial charge in [0.2, 0.25) is 0 Å². The quantitative estimate of drug-likeness (QED) is 0.859. The Morgan fingerprint density at radius 1 is 1.45 bits per heavy atom. The van der Waals surface area contributed by atoms with Crippen LogP contribution < -0.4 is 5.32 Å². The number of aryl methyl sites for hydroxylation is 2. The van der Waals surface area contributed by atoms with Crippen LogP contribution in [0, 0.1) is 18.3 Å².